The largest absolute Gasteiger partial charge is 0.396 e. The van der Waals surface area contributed by atoms with Crippen LogP contribution in [0, 0.1) is 0 Å². The summed E-state index contributed by atoms with van der Waals surface area (Å²) < 4.78 is 0. The second kappa shape index (κ2) is 19.0. The molecule has 0 amide bonds. The van der Waals surface area contributed by atoms with Crippen molar-refractivity contribution in [1.29, 1.82) is 0 Å². The number of aliphatic hydroxyl groups is 1. The van der Waals surface area contributed by atoms with Gasteiger partial charge in [0.1, 0.15) is 5.84 Å². The van der Waals surface area contributed by atoms with Crippen molar-refractivity contribution in [3.05, 3.63) is 35.9 Å². The van der Waals surface area contributed by atoms with E-state index >= 15 is 0 Å². The van der Waals surface area contributed by atoms with E-state index in [0.717, 1.165) is 26.1 Å². The van der Waals surface area contributed by atoms with Crippen molar-refractivity contribution in [3.8, 4) is 0 Å². The summed E-state index contributed by atoms with van der Waals surface area (Å²) in [4.78, 5) is 7.32. The number of hydrogen-bond acceptors (Lipinski definition) is 3. The Morgan fingerprint density at radius 1 is 0.758 bits per heavy atom. The number of nitrogens with zero attached hydrogens (tertiary/aromatic N) is 2. The van der Waals surface area contributed by atoms with Gasteiger partial charge in [0.05, 0.1) is 6.54 Å². The molecule has 1 N–H and O–H groups in total. The highest BCUT2D eigenvalue weighted by Gasteiger charge is 2.26. The van der Waals surface area contributed by atoms with Gasteiger partial charge in [-0.25, -0.2) is 0 Å². The predicted octanol–water partition coefficient (Wildman–Crippen LogP) is 8.13. The van der Waals surface area contributed by atoms with Gasteiger partial charge in [-0.1, -0.05) is 134 Å². The van der Waals surface area contributed by atoms with Crippen molar-refractivity contribution in [2.75, 3.05) is 26.2 Å². The molecule has 3 nitrogen and oxygen atoms in total. The standard InChI is InChI=1S/C30H52N2O/c1-2-3-4-5-6-7-8-9-10-11-12-13-14-15-16-20-25-32-26-24-31-30(32)29(23-27-33)28-21-18-17-19-22-28/h17-19,21-22,29,33H,2-16,20,23-27H2,1H3. The molecule has 0 aliphatic carbocycles. The summed E-state index contributed by atoms with van der Waals surface area (Å²) in [5, 5.41) is 9.60. The van der Waals surface area contributed by atoms with E-state index in [1.165, 1.54) is 114 Å². The second-order valence-corrected chi connectivity index (χ2v) is 10.0. The van der Waals surface area contributed by atoms with Gasteiger partial charge in [-0.15, -0.1) is 0 Å². The third-order valence-electron chi connectivity index (χ3n) is 7.18. The summed E-state index contributed by atoms with van der Waals surface area (Å²) in [6.45, 7) is 5.57. The fourth-order valence-electron chi connectivity index (χ4n) is 5.17. The Morgan fingerprint density at radius 3 is 1.79 bits per heavy atom. The Bertz CT molecular complexity index is 601. The number of amidine groups is 1. The van der Waals surface area contributed by atoms with Crippen molar-refractivity contribution in [2.45, 2.75) is 122 Å². The highest BCUT2D eigenvalue weighted by Crippen LogP contribution is 2.25. The monoisotopic (exact) mass is 456 g/mol. The minimum absolute atomic E-state index is 0.214. The minimum atomic E-state index is 0.214. The SMILES string of the molecule is CCCCCCCCCCCCCCCCCCN1CCN=C1C(CCO)c1ccccc1. The number of aliphatic imine (C=N–C) groups is 1. The molecule has 1 aromatic rings. The van der Waals surface area contributed by atoms with Crippen LogP contribution >= 0.6 is 0 Å². The molecule has 0 radical (unpaired) electrons. The van der Waals surface area contributed by atoms with Gasteiger partial charge < -0.3 is 10.0 Å². The van der Waals surface area contributed by atoms with Gasteiger partial charge in [-0.2, -0.15) is 0 Å². The van der Waals surface area contributed by atoms with Crippen molar-refractivity contribution >= 4 is 5.84 Å². The lowest BCUT2D eigenvalue weighted by molar-refractivity contribution is 0.281. The third kappa shape index (κ3) is 12.1. The van der Waals surface area contributed by atoms with Crippen LogP contribution in [0.25, 0.3) is 0 Å². The second-order valence-electron chi connectivity index (χ2n) is 10.0. The Balaban J connectivity index is 1.46. The van der Waals surface area contributed by atoms with E-state index in [0.29, 0.717) is 0 Å². The quantitative estimate of drug-likeness (QED) is 0.190. The van der Waals surface area contributed by atoms with Crippen LogP contribution in [-0.4, -0.2) is 42.1 Å². The smallest absolute Gasteiger partial charge is 0.107 e. The number of hydrogen-bond donors (Lipinski definition) is 1. The zero-order chi connectivity index (χ0) is 23.4. The molecule has 1 aromatic carbocycles. The van der Waals surface area contributed by atoms with E-state index in [2.05, 4.69) is 42.2 Å². The third-order valence-corrected chi connectivity index (χ3v) is 7.18. The molecule has 1 atom stereocenters. The molecule has 0 spiro atoms. The molecule has 0 saturated heterocycles. The molecule has 0 saturated carbocycles. The maximum atomic E-state index is 9.60. The molecule has 3 heteroatoms. The average Bonchev–Trinajstić information content (AvgIpc) is 3.31. The number of benzene rings is 1. The first-order chi connectivity index (χ1) is 16.4. The van der Waals surface area contributed by atoms with E-state index in [4.69, 9.17) is 4.99 Å². The van der Waals surface area contributed by atoms with Gasteiger partial charge in [0.2, 0.25) is 0 Å². The molecule has 0 aromatic heterocycles. The van der Waals surface area contributed by atoms with Gasteiger partial charge in [-0.3, -0.25) is 4.99 Å². The van der Waals surface area contributed by atoms with Gasteiger partial charge in [0, 0.05) is 25.6 Å². The molecule has 1 unspecified atom stereocenters. The Morgan fingerprint density at radius 2 is 1.27 bits per heavy atom. The first-order valence-electron chi connectivity index (χ1n) is 14.3. The molecule has 33 heavy (non-hydrogen) atoms. The predicted molar refractivity (Wildman–Crippen MR) is 144 cm³/mol. The van der Waals surface area contributed by atoms with Gasteiger partial charge in [0.25, 0.3) is 0 Å². The van der Waals surface area contributed by atoms with Crippen LogP contribution in [0.15, 0.2) is 35.3 Å². The Labute approximate surface area is 205 Å². The van der Waals surface area contributed by atoms with Crippen LogP contribution in [0.3, 0.4) is 0 Å². The summed E-state index contributed by atoms with van der Waals surface area (Å²) in [6, 6.07) is 10.6. The van der Waals surface area contributed by atoms with Crippen molar-refractivity contribution in [3.63, 3.8) is 0 Å². The van der Waals surface area contributed by atoms with Gasteiger partial charge in [0.15, 0.2) is 0 Å². The molecule has 1 aliphatic rings. The van der Waals surface area contributed by atoms with Gasteiger partial charge >= 0.3 is 0 Å². The number of aliphatic hydroxyl groups excluding tert-OH is 1. The lowest BCUT2D eigenvalue weighted by Gasteiger charge is -2.27. The van der Waals surface area contributed by atoms with Crippen molar-refractivity contribution < 1.29 is 5.11 Å². The Kier molecular flexibility index (Phi) is 16.1. The molecule has 0 bridgehead atoms. The molecule has 2 rings (SSSR count). The van der Waals surface area contributed by atoms with E-state index < -0.39 is 0 Å². The number of unbranched alkanes of at least 4 members (excludes halogenated alkanes) is 15. The van der Waals surface area contributed by atoms with E-state index in [-0.39, 0.29) is 12.5 Å². The van der Waals surface area contributed by atoms with Crippen LogP contribution < -0.4 is 0 Å². The summed E-state index contributed by atoms with van der Waals surface area (Å²) in [5.41, 5.74) is 1.28. The molecule has 0 fully saturated rings. The van der Waals surface area contributed by atoms with Crippen LogP contribution in [-0.2, 0) is 0 Å². The van der Waals surface area contributed by atoms with Crippen LogP contribution in [0.5, 0.6) is 0 Å². The van der Waals surface area contributed by atoms with E-state index in [1.807, 2.05) is 0 Å². The topological polar surface area (TPSA) is 35.8 Å². The first kappa shape index (κ1) is 27.9. The first-order valence-corrected chi connectivity index (χ1v) is 14.3. The maximum absolute atomic E-state index is 9.60. The zero-order valence-corrected chi connectivity index (χ0v) is 21.7. The fraction of sp³-hybridized carbons (Fsp3) is 0.767. The summed E-state index contributed by atoms with van der Waals surface area (Å²) in [6.07, 6.45) is 23.4. The highest BCUT2D eigenvalue weighted by atomic mass is 16.3. The van der Waals surface area contributed by atoms with Crippen LogP contribution in [0.4, 0.5) is 0 Å². The molecule has 1 aliphatic heterocycles. The highest BCUT2D eigenvalue weighted by molar-refractivity contribution is 5.90. The number of rotatable bonds is 21. The lowest BCUT2D eigenvalue weighted by atomic mass is 9.94. The zero-order valence-electron chi connectivity index (χ0n) is 21.7. The average molecular weight is 457 g/mol. The van der Waals surface area contributed by atoms with Crippen LogP contribution in [0.1, 0.15) is 128 Å². The summed E-state index contributed by atoms with van der Waals surface area (Å²) in [7, 11) is 0. The van der Waals surface area contributed by atoms with Crippen LogP contribution in [0.2, 0.25) is 0 Å². The lowest BCUT2D eigenvalue weighted by Crippen LogP contribution is -2.33. The van der Waals surface area contributed by atoms with Gasteiger partial charge in [-0.05, 0) is 18.4 Å². The molecule has 188 valence electrons. The fourth-order valence-corrected chi connectivity index (χ4v) is 5.17. The van der Waals surface area contributed by atoms with E-state index in [1.54, 1.807) is 0 Å². The normalized spacial score (nSPS) is 14.6. The minimum Gasteiger partial charge on any atom is -0.396 e. The van der Waals surface area contributed by atoms with Crippen molar-refractivity contribution in [2.24, 2.45) is 4.99 Å². The maximum Gasteiger partial charge on any atom is 0.107 e. The summed E-state index contributed by atoms with van der Waals surface area (Å²) in [5.74, 6) is 1.44. The Hall–Kier alpha value is -1.35. The summed E-state index contributed by atoms with van der Waals surface area (Å²) >= 11 is 0. The van der Waals surface area contributed by atoms with E-state index in [9.17, 15) is 5.11 Å². The molecular formula is C30H52N2O. The molecule has 1 heterocycles. The van der Waals surface area contributed by atoms with Crippen molar-refractivity contribution in [1.82, 2.24) is 4.90 Å². The molecular weight excluding hydrogens is 404 g/mol.